The van der Waals surface area contributed by atoms with Gasteiger partial charge in [0.05, 0.1) is 17.9 Å². The van der Waals surface area contributed by atoms with Crippen molar-refractivity contribution in [2.24, 2.45) is 0 Å². The summed E-state index contributed by atoms with van der Waals surface area (Å²) in [6.45, 7) is 1.94. The third kappa shape index (κ3) is 5.44. The molecule has 0 bridgehead atoms. The first kappa shape index (κ1) is 19.7. The van der Waals surface area contributed by atoms with Crippen LogP contribution in [-0.2, 0) is 14.3 Å². The van der Waals surface area contributed by atoms with Crippen molar-refractivity contribution in [2.75, 3.05) is 19.0 Å². The minimum absolute atomic E-state index is 0.109. The van der Waals surface area contributed by atoms with Gasteiger partial charge in [-0.15, -0.1) is 0 Å². The Morgan fingerprint density at radius 1 is 1.15 bits per heavy atom. The standard InChI is InChI=1S/C20H26N2O4/c1-3-26-19(24)14-13-18(23)21-17-12-8-7-11-16(17)20(25)22(2)15-9-5-4-6-10-15/h7-8,11-15H,3-6,9-10H2,1-2H3,(H,21,23)/b14-13-. The largest absolute Gasteiger partial charge is 0.463 e. The van der Waals surface area contributed by atoms with Crippen LogP contribution in [0.1, 0.15) is 49.4 Å². The number of nitrogens with one attached hydrogen (secondary N) is 1. The van der Waals surface area contributed by atoms with Crippen molar-refractivity contribution in [3.8, 4) is 0 Å². The van der Waals surface area contributed by atoms with Crippen molar-refractivity contribution in [3.63, 3.8) is 0 Å². The van der Waals surface area contributed by atoms with Gasteiger partial charge >= 0.3 is 5.97 Å². The van der Waals surface area contributed by atoms with Gasteiger partial charge < -0.3 is 15.0 Å². The number of rotatable bonds is 6. The lowest BCUT2D eigenvalue weighted by molar-refractivity contribution is -0.137. The second-order valence-electron chi connectivity index (χ2n) is 6.33. The summed E-state index contributed by atoms with van der Waals surface area (Å²) in [5.41, 5.74) is 0.872. The van der Waals surface area contributed by atoms with E-state index in [9.17, 15) is 14.4 Å². The molecule has 0 aliphatic heterocycles. The van der Waals surface area contributed by atoms with Gasteiger partial charge in [-0.1, -0.05) is 31.4 Å². The average molecular weight is 358 g/mol. The SMILES string of the molecule is CCOC(=O)/C=C\C(=O)Nc1ccccc1C(=O)N(C)C1CCCCC1. The van der Waals surface area contributed by atoms with Gasteiger partial charge in [0, 0.05) is 25.2 Å². The number of anilines is 1. The van der Waals surface area contributed by atoms with Gasteiger partial charge in [-0.3, -0.25) is 9.59 Å². The van der Waals surface area contributed by atoms with Crippen molar-refractivity contribution in [1.82, 2.24) is 4.90 Å². The minimum Gasteiger partial charge on any atom is -0.463 e. The lowest BCUT2D eigenvalue weighted by Gasteiger charge is -2.31. The van der Waals surface area contributed by atoms with E-state index in [0.29, 0.717) is 11.3 Å². The Bertz CT molecular complexity index is 678. The molecule has 2 amide bonds. The Labute approximate surface area is 154 Å². The van der Waals surface area contributed by atoms with Crippen LogP contribution in [0.2, 0.25) is 0 Å². The van der Waals surface area contributed by atoms with Crippen molar-refractivity contribution in [3.05, 3.63) is 42.0 Å². The number of ether oxygens (including phenoxy) is 1. The van der Waals surface area contributed by atoms with E-state index in [4.69, 9.17) is 4.74 Å². The van der Waals surface area contributed by atoms with E-state index in [1.54, 1.807) is 36.1 Å². The fourth-order valence-corrected chi connectivity index (χ4v) is 3.11. The molecule has 2 rings (SSSR count). The van der Waals surface area contributed by atoms with Crippen LogP contribution in [0.15, 0.2) is 36.4 Å². The highest BCUT2D eigenvalue weighted by Gasteiger charge is 2.24. The second-order valence-corrected chi connectivity index (χ2v) is 6.33. The van der Waals surface area contributed by atoms with E-state index in [2.05, 4.69) is 5.32 Å². The van der Waals surface area contributed by atoms with Gasteiger partial charge in [0.2, 0.25) is 5.91 Å². The normalized spacial score (nSPS) is 14.8. The van der Waals surface area contributed by atoms with Gasteiger partial charge in [0.1, 0.15) is 0 Å². The van der Waals surface area contributed by atoms with Crippen LogP contribution < -0.4 is 5.32 Å². The Balaban J connectivity index is 2.07. The maximum Gasteiger partial charge on any atom is 0.330 e. The summed E-state index contributed by atoms with van der Waals surface area (Å²) in [6.07, 6.45) is 7.69. The molecule has 6 nitrogen and oxygen atoms in total. The zero-order valence-corrected chi connectivity index (χ0v) is 15.4. The molecule has 0 saturated heterocycles. The third-order valence-electron chi connectivity index (χ3n) is 4.52. The molecule has 0 radical (unpaired) electrons. The van der Waals surface area contributed by atoms with E-state index in [1.165, 1.54) is 6.42 Å². The smallest absolute Gasteiger partial charge is 0.330 e. The molecule has 0 spiro atoms. The predicted molar refractivity (Wildman–Crippen MR) is 99.8 cm³/mol. The van der Waals surface area contributed by atoms with Crippen LogP contribution in [-0.4, -0.2) is 42.4 Å². The fraction of sp³-hybridized carbons (Fsp3) is 0.450. The van der Waals surface area contributed by atoms with Gasteiger partial charge in [0.15, 0.2) is 0 Å². The number of carbonyl (C=O) groups excluding carboxylic acids is 3. The number of amides is 2. The first-order valence-corrected chi connectivity index (χ1v) is 9.05. The molecule has 1 aliphatic carbocycles. The van der Waals surface area contributed by atoms with Crippen molar-refractivity contribution < 1.29 is 19.1 Å². The molecule has 1 aromatic carbocycles. The van der Waals surface area contributed by atoms with Crippen LogP contribution in [0, 0.1) is 0 Å². The molecule has 1 aromatic rings. The maximum absolute atomic E-state index is 12.9. The summed E-state index contributed by atoms with van der Waals surface area (Å²) in [6, 6.07) is 7.14. The zero-order valence-electron chi connectivity index (χ0n) is 15.4. The summed E-state index contributed by atoms with van der Waals surface area (Å²) in [4.78, 5) is 38.0. The van der Waals surface area contributed by atoms with Crippen LogP contribution >= 0.6 is 0 Å². The molecule has 26 heavy (non-hydrogen) atoms. The van der Waals surface area contributed by atoms with Gasteiger partial charge in [-0.2, -0.15) is 0 Å². The average Bonchev–Trinajstić information content (AvgIpc) is 2.66. The lowest BCUT2D eigenvalue weighted by Crippen LogP contribution is -2.38. The highest BCUT2D eigenvalue weighted by atomic mass is 16.5. The molecule has 6 heteroatoms. The molecule has 140 valence electrons. The molecular weight excluding hydrogens is 332 g/mol. The highest BCUT2D eigenvalue weighted by Crippen LogP contribution is 2.25. The van der Waals surface area contributed by atoms with Crippen LogP contribution in [0.5, 0.6) is 0 Å². The van der Waals surface area contributed by atoms with Gasteiger partial charge in [-0.05, 0) is 31.9 Å². The van der Waals surface area contributed by atoms with Crippen LogP contribution in [0.4, 0.5) is 5.69 Å². The Morgan fingerprint density at radius 3 is 2.54 bits per heavy atom. The second kappa shape index (κ2) is 9.75. The van der Waals surface area contributed by atoms with E-state index < -0.39 is 11.9 Å². The predicted octanol–water partition coefficient (Wildman–Crippen LogP) is 3.15. The molecule has 0 heterocycles. The number of benzene rings is 1. The van der Waals surface area contributed by atoms with Gasteiger partial charge in [0.25, 0.3) is 5.91 Å². The first-order chi connectivity index (χ1) is 12.5. The first-order valence-electron chi connectivity index (χ1n) is 9.05. The van der Waals surface area contributed by atoms with E-state index in [1.807, 2.05) is 7.05 Å². The molecular formula is C20H26N2O4. The number of hydrogen-bond acceptors (Lipinski definition) is 4. The number of esters is 1. The molecule has 0 unspecified atom stereocenters. The number of para-hydroxylation sites is 1. The van der Waals surface area contributed by atoms with Crippen molar-refractivity contribution >= 4 is 23.5 Å². The molecule has 1 N–H and O–H groups in total. The van der Waals surface area contributed by atoms with Crippen LogP contribution in [0.25, 0.3) is 0 Å². The quantitative estimate of drug-likeness (QED) is 0.626. The Morgan fingerprint density at radius 2 is 1.85 bits per heavy atom. The highest BCUT2D eigenvalue weighted by molar-refractivity contribution is 6.07. The molecule has 0 atom stereocenters. The zero-order chi connectivity index (χ0) is 18.9. The van der Waals surface area contributed by atoms with Crippen LogP contribution in [0.3, 0.4) is 0 Å². The number of carbonyl (C=O) groups is 3. The topological polar surface area (TPSA) is 75.7 Å². The van der Waals surface area contributed by atoms with E-state index in [-0.39, 0.29) is 18.6 Å². The van der Waals surface area contributed by atoms with Crippen molar-refractivity contribution in [1.29, 1.82) is 0 Å². The van der Waals surface area contributed by atoms with E-state index >= 15 is 0 Å². The summed E-state index contributed by atoms with van der Waals surface area (Å²) >= 11 is 0. The van der Waals surface area contributed by atoms with E-state index in [0.717, 1.165) is 37.8 Å². The molecule has 1 saturated carbocycles. The fourth-order valence-electron chi connectivity index (χ4n) is 3.11. The summed E-state index contributed by atoms with van der Waals surface area (Å²) in [5, 5.41) is 2.67. The number of hydrogen-bond donors (Lipinski definition) is 1. The van der Waals surface area contributed by atoms with Gasteiger partial charge in [-0.25, -0.2) is 4.79 Å². The Hall–Kier alpha value is -2.63. The summed E-state index contributed by atoms with van der Waals surface area (Å²) in [5.74, 6) is -1.18. The Kier molecular flexibility index (Phi) is 7.38. The molecule has 1 aliphatic rings. The third-order valence-corrected chi connectivity index (χ3v) is 4.52. The molecule has 0 aromatic heterocycles. The summed E-state index contributed by atoms with van der Waals surface area (Å²) < 4.78 is 4.74. The van der Waals surface area contributed by atoms with Crippen molar-refractivity contribution in [2.45, 2.75) is 45.1 Å². The lowest BCUT2D eigenvalue weighted by atomic mass is 9.94. The monoisotopic (exact) mass is 358 g/mol. The number of nitrogens with zero attached hydrogens (tertiary/aromatic N) is 1. The molecule has 1 fully saturated rings. The maximum atomic E-state index is 12.9. The minimum atomic E-state index is -0.580. The summed E-state index contributed by atoms with van der Waals surface area (Å²) in [7, 11) is 1.82.